The Labute approximate surface area is 131 Å². The van der Waals surface area contributed by atoms with Crippen molar-refractivity contribution in [2.75, 3.05) is 39.3 Å². The van der Waals surface area contributed by atoms with E-state index in [9.17, 15) is 5.11 Å². The molecule has 0 aromatic heterocycles. The third kappa shape index (κ3) is 4.34. The molecule has 1 aromatic rings. The monoisotopic (exact) mass is 316 g/mol. The zero-order chi connectivity index (χ0) is 14.5. The van der Waals surface area contributed by atoms with Gasteiger partial charge in [-0.1, -0.05) is 30.1 Å². The number of piperazine rings is 1. The van der Waals surface area contributed by atoms with Crippen molar-refractivity contribution in [3.05, 3.63) is 33.8 Å². The lowest BCUT2D eigenvalue weighted by Crippen LogP contribution is -2.46. The molecule has 1 aliphatic heterocycles. The van der Waals surface area contributed by atoms with Crippen LogP contribution in [0.15, 0.2) is 18.2 Å². The lowest BCUT2D eigenvalue weighted by Gasteiger charge is -2.34. The van der Waals surface area contributed by atoms with Gasteiger partial charge in [-0.2, -0.15) is 0 Å². The highest BCUT2D eigenvalue weighted by molar-refractivity contribution is 6.33. The van der Waals surface area contributed by atoms with Crippen molar-refractivity contribution < 1.29 is 5.11 Å². The van der Waals surface area contributed by atoms with Crippen LogP contribution in [0.1, 0.15) is 25.0 Å². The minimum absolute atomic E-state index is 0.551. The van der Waals surface area contributed by atoms with Crippen molar-refractivity contribution in [2.45, 2.75) is 19.4 Å². The smallest absolute Gasteiger partial charge is 0.0817 e. The molecule has 20 heavy (non-hydrogen) atoms. The lowest BCUT2D eigenvalue weighted by molar-refractivity contribution is 0.105. The van der Waals surface area contributed by atoms with Gasteiger partial charge in [-0.3, -0.25) is 0 Å². The van der Waals surface area contributed by atoms with E-state index in [1.165, 1.54) is 0 Å². The first-order valence-electron chi connectivity index (χ1n) is 7.18. The predicted octanol–water partition coefficient (Wildman–Crippen LogP) is 3.05. The molecule has 1 heterocycles. The van der Waals surface area contributed by atoms with Crippen LogP contribution >= 0.6 is 23.2 Å². The van der Waals surface area contributed by atoms with Gasteiger partial charge in [0.15, 0.2) is 0 Å². The molecule has 1 unspecified atom stereocenters. The molecule has 5 heteroatoms. The molecule has 0 radical (unpaired) electrons. The minimum atomic E-state index is -0.551. The molecule has 0 saturated carbocycles. The molecule has 1 atom stereocenters. The van der Waals surface area contributed by atoms with Crippen LogP contribution in [0, 0.1) is 0 Å². The highest BCUT2D eigenvalue weighted by Gasteiger charge is 2.18. The van der Waals surface area contributed by atoms with Gasteiger partial charge in [-0.15, -0.1) is 0 Å². The number of hydrogen-bond acceptors (Lipinski definition) is 3. The molecule has 1 aromatic carbocycles. The Kier molecular flexibility index (Phi) is 6.12. The van der Waals surface area contributed by atoms with Gasteiger partial charge in [-0.25, -0.2) is 0 Å². The molecule has 1 saturated heterocycles. The van der Waals surface area contributed by atoms with Gasteiger partial charge < -0.3 is 14.9 Å². The van der Waals surface area contributed by atoms with E-state index >= 15 is 0 Å². The summed E-state index contributed by atoms with van der Waals surface area (Å²) in [6.45, 7) is 8.58. The van der Waals surface area contributed by atoms with E-state index < -0.39 is 6.10 Å². The van der Waals surface area contributed by atoms with E-state index in [4.69, 9.17) is 23.2 Å². The normalized spacial score (nSPS) is 19.2. The summed E-state index contributed by atoms with van der Waals surface area (Å²) < 4.78 is 0. The standard InChI is InChI=1S/C15H22Cl2N2O/c1-2-18-7-9-19(10-8-18)6-5-15(20)13-11-12(16)3-4-14(13)17/h3-4,11,15,20H,2,5-10H2,1H3. The van der Waals surface area contributed by atoms with E-state index in [-0.39, 0.29) is 0 Å². The first-order chi connectivity index (χ1) is 9.60. The van der Waals surface area contributed by atoms with Crippen LogP contribution in [-0.2, 0) is 0 Å². The molecule has 1 N–H and O–H groups in total. The molecule has 0 amide bonds. The average molecular weight is 317 g/mol. The fraction of sp³-hybridized carbons (Fsp3) is 0.600. The maximum atomic E-state index is 10.3. The zero-order valence-corrected chi connectivity index (χ0v) is 13.4. The summed E-state index contributed by atoms with van der Waals surface area (Å²) in [6, 6.07) is 5.23. The first-order valence-corrected chi connectivity index (χ1v) is 7.93. The highest BCUT2D eigenvalue weighted by Crippen LogP contribution is 2.28. The van der Waals surface area contributed by atoms with Gasteiger partial charge in [0.05, 0.1) is 6.10 Å². The Balaban J connectivity index is 1.83. The van der Waals surface area contributed by atoms with Crippen LogP contribution in [0.4, 0.5) is 0 Å². The summed E-state index contributed by atoms with van der Waals surface area (Å²) in [7, 11) is 0. The summed E-state index contributed by atoms with van der Waals surface area (Å²) >= 11 is 12.1. The van der Waals surface area contributed by atoms with Crippen molar-refractivity contribution >= 4 is 23.2 Å². The molecule has 0 bridgehead atoms. The van der Waals surface area contributed by atoms with Crippen LogP contribution in [0.5, 0.6) is 0 Å². The number of likely N-dealkylation sites (N-methyl/N-ethyl adjacent to an activating group) is 1. The molecular formula is C15H22Cl2N2O. The van der Waals surface area contributed by atoms with Gasteiger partial charge in [0, 0.05) is 48.3 Å². The second-order valence-corrected chi connectivity index (χ2v) is 6.09. The lowest BCUT2D eigenvalue weighted by atomic mass is 10.1. The molecule has 0 spiro atoms. The van der Waals surface area contributed by atoms with Gasteiger partial charge in [-0.05, 0) is 31.2 Å². The summed E-state index contributed by atoms with van der Waals surface area (Å²) in [5, 5.41) is 11.5. The maximum absolute atomic E-state index is 10.3. The van der Waals surface area contributed by atoms with Crippen molar-refractivity contribution in [3.63, 3.8) is 0 Å². The number of aliphatic hydroxyl groups excluding tert-OH is 1. The Morgan fingerprint density at radius 3 is 2.45 bits per heavy atom. The van der Waals surface area contributed by atoms with Gasteiger partial charge in [0.25, 0.3) is 0 Å². The third-order valence-electron chi connectivity index (χ3n) is 3.95. The predicted molar refractivity (Wildman–Crippen MR) is 84.6 cm³/mol. The number of hydrogen-bond donors (Lipinski definition) is 1. The quantitative estimate of drug-likeness (QED) is 0.904. The topological polar surface area (TPSA) is 26.7 Å². The number of aliphatic hydroxyl groups is 1. The van der Waals surface area contributed by atoms with Crippen LogP contribution in [0.2, 0.25) is 10.0 Å². The van der Waals surface area contributed by atoms with E-state index in [2.05, 4.69) is 16.7 Å². The Bertz CT molecular complexity index is 434. The molecular weight excluding hydrogens is 295 g/mol. The number of halogens is 2. The van der Waals surface area contributed by atoms with Crippen LogP contribution in [0.25, 0.3) is 0 Å². The SMILES string of the molecule is CCN1CCN(CCC(O)c2cc(Cl)ccc2Cl)CC1. The zero-order valence-electron chi connectivity index (χ0n) is 11.9. The van der Waals surface area contributed by atoms with E-state index in [1.807, 2.05) is 0 Å². The Hall–Kier alpha value is -0.320. The van der Waals surface area contributed by atoms with Gasteiger partial charge >= 0.3 is 0 Å². The first kappa shape index (κ1) is 16.1. The Morgan fingerprint density at radius 2 is 1.80 bits per heavy atom. The summed E-state index contributed by atoms with van der Waals surface area (Å²) in [5.41, 5.74) is 0.728. The molecule has 3 nitrogen and oxygen atoms in total. The molecule has 0 aliphatic carbocycles. The van der Waals surface area contributed by atoms with Crippen molar-refractivity contribution in [1.29, 1.82) is 0 Å². The Morgan fingerprint density at radius 1 is 1.15 bits per heavy atom. The fourth-order valence-corrected chi connectivity index (χ4v) is 2.98. The maximum Gasteiger partial charge on any atom is 0.0817 e. The minimum Gasteiger partial charge on any atom is -0.388 e. The van der Waals surface area contributed by atoms with Crippen LogP contribution < -0.4 is 0 Å². The average Bonchev–Trinajstić information content (AvgIpc) is 2.47. The molecule has 1 aliphatic rings. The summed E-state index contributed by atoms with van der Waals surface area (Å²) in [5.74, 6) is 0. The highest BCUT2D eigenvalue weighted by atomic mass is 35.5. The van der Waals surface area contributed by atoms with E-state index in [1.54, 1.807) is 18.2 Å². The van der Waals surface area contributed by atoms with Crippen molar-refractivity contribution in [3.8, 4) is 0 Å². The van der Waals surface area contributed by atoms with Gasteiger partial charge in [0.1, 0.15) is 0 Å². The van der Waals surface area contributed by atoms with Crippen molar-refractivity contribution in [2.24, 2.45) is 0 Å². The molecule has 1 fully saturated rings. The number of rotatable bonds is 5. The largest absolute Gasteiger partial charge is 0.388 e. The number of benzene rings is 1. The van der Waals surface area contributed by atoms with Crippen LogP contribution in [-0.4, -0.2) is 54.2 Å². The second kappa shape index (κ2) is 7.62. The third-order valence-corrected chi connectivity index (χ3v) is 4.53. The molecule has 2 rings (SSSR count). The second-order valence-electron chi connectivity index (χ2n) is 5.25. The van der Waals surface area contributed by atoms with Crippen LogP contribution in [0.3, 0.4) is 0 Å². The van der Waals surface area contributed by atoms with Crippen molar-refractivity contribution in [1.82, 2.24) is 9.80 Å². The molecule has 112 valence electrons. The fourth-order valence-electron chi connectivity index (χ4n) is 2.56. The summed E-state index contributed by atoms with van der Waals surface area (Å²) in [6.07, 6.45) is 0.136. The van der Waals surface area contributed by atoms with Gasteiger partial charge in [0.2, 0.25) is 0 Å². The van der Waals surface area contributed by atoms with E-state index in [0.29, 0.717) is 16.5 Å². The van der Waals surface area contributed by atoms with E-state index in [0.717, 1.165) is 44.8 Å². The summed E-state index contributed by atoms with van der Waals surface area (Å²) in [4.78, 5) is 4.84. The number of nitrogens with zero attached hydrogens (tertiary/aromatic N) is 2.